The third-order valence-corrected chi connectivity index (χ3v) is 2.17. The lowest BCUT2D eigenvalue weighted by atomic mass is 10.2. The van der Waals surface area contributed by atoms with Crippen LogP contribution in [0.4, 0.5) is 0 Å². The Balaban J connectivity index is 2.20. The van der Waals surface area contributed by atoms with Crippen molar-refractivity contribution in [1.29, 1.82) is 0 Å². The van der Waals surface area contributed by atoms with Crippen molar-refractivity contribution in [3.05, 3.63) is 60.2 Å². The summed E-state index contributed by atoms with van der Waals surface area (Å²) in [5.41, 5.74) is 0.463. The van der Waals surface area contributed by atoms with Gasteiger partial charge >= 0.3 is 5.97 Å². The van der Waals surface area contributed by atoms with Gasteiger partial charge in [0.25, 0.3) is 0 Å². The molecule has 0 heterocycles. The van der Waals surface area contributed by atoms with Crippen molar-refractivity contribution < 1.29 is 14.3 Å². The van der Waals surface area contributed by atoms with Crippen LogP contribution in [0.5, 0.6) is 11.5 Å². The fraction of sp³-hybridized carbons (Fsp3) is 0.0714. The minimum Gasteiger partial charge on any atom is -0.465 e. The van der Waals surface area contributed by atoms with Crippen molar-refractivity contribution in [2.75, 3.05) is 7.11 Å². The van der Waals surface area contributed by atoms with Gasteiger partial charge in [0.2, 0.25) is 0 Å². The average Bonchev–Trinajstić information content (AvgIpc) is 2.39. The van der Waals surface area contributed by atoms with Crippen LogP contribution in [0.3, 0.4) is 0 Å². The van der Waals surface area contributed by atoms with Crippen molar-refractivity contribution in [3.8, 4) is 11.5 Å². The molecular weight excluding hydrogens is 216 g/mol. The highest BCUT2D eigenvalue weighted by Gasteiger charge is 2.06. The van der Waals surface area contributed by atoms with Gasteiger partial charge in [0.15, 0.2) is 0 Å². The minimum atomic E-state index is -0.380. The van der Waals surface area contributed by atoms with Gasteiger partial charge in [0, 0.05) is 0 Å². The second kappa shape index (κ2) is 5.16. The zero-order valence-electron chi connectivity index (χ0n) is 9.34. The second-order valence-electron chi connectivity index (χ2n) is 3.36. The molecule has 2 aromatic carbocycles. The molecule has 3 nitrogen and oxygen atoms in total. The fourth-order valence-corrected chi connectivity index (χ4v) is 1.38. The Labute approximate surface area is 99.6 Å². The van der Waals surface area contributed by atoms with E-state index in [1.807, 2.05) is 12.1 Å². The van der Waals surface area contributed by atoms with Gasteiger partial charge in [-0.15, -0.1) is 0 Å². The molecule has 3 heteroatoms. The number of esters is 1. The molecule has 0 amide bonds. The lowest BCUT2D eigenvalue weighted by Crippen LogP contribution is -2.00. The molecule has 0 atom stereocenters. The number of carbonyl (C=O) groups excluding carboxylic acids is 1. The van der Waals surface area contributed by atoms with E-state index < -0.39 is 0 Å². The fourth-order valence-electron chi connectivity index (χ4n) is 1.38. The molecule has 0 saturated heterocycles. The van der Waals surface area contributed by atoms with Gasteiger partial charge in [0.05, 0.1) is 12.7 Å². The molecule has 2 rings (SSSR count). The predicted octanol–water partition coefficient (Wildman–Crippen LogP) is 3.07. The van der Waals surface area contributed by atoms with E-state index in [1.165, 1.54) is 7.11 Å². The van der Waals surface area contributed by atoms with Crippen molar-refractivity contribution in [3.63, 3.8) is 0 Å². The van der Waals surface area contributed by atoms with E-state index >= 15 is 0 Å². The van der Waals surface area contributed by atoms with Gasteiger partial charge in [-0.25, -0.2) is 4.79 Å². The zero-order chi connectivity index (χ0) is 12.1. The molecule has 0 aliphatic rings. The van der Waals surface area contributed by atoms with Crippen molar-refractivity contribution in [2.45, 2.75) is 0 Å². The number of rotatable bonds is 3. The van der Waals surface area contributed by atoms with Gasteiger partial charge < -0.3 is 9.47 Å². The van der Waals surface area contributed by atoms with Crippen LogP contribution < -0.4 is 4.74 Å². The van der Waals surface area contributed by atoms with E-state index in [0.717, 1.165) is 0 Å². The summed E-state index contributed by atoms with van der Waals surface area (Å²) in [5.74, 6) is 0.886. The number of ether oxygens (including phenoxy) is 2. The van der Waals surface area contributed by atoms with Crippen LogP contribution in [0.1, 0.15) is 10.4 Å². The first kappa shape index (κ1) is 11.2. The number of carbonyl (C=O) groups is 1. The number of hydrogen-bond donors (Lipinski definition) is 0. The Hall–Kier alpha value is -2.29. The van der Waals surface area contributed by atoms with Crippen molar-refractivity contribution in [1.82, 2.24) is 0 Å². The molecule has 0 aliphatic carbocycles. The Kier molecular flexibility index (Phi) is 3.40. The predicted molar refractivity (Wildman–Crippen MR) is 63.1 cm³/mol. The highest BCUT2D eigenvalue weighted by Crippen LogP contribution is 2.21. The summed E-state index contributed by atoms with van der Waals surface area (Å²) in [6, 6.07) is 16.9. The normalized spacial score (nSPS) is 9.71. The third-order valence-electron chi connectivity index (χ3n) is 2.17. The van der Waals surface area contributed by atoms with Crippen LogP contribution >= 0.6 is 0 Å². The molecule has 17 heavy (non-hydrogen) atoms. The zero-order valence-corrected chi connectivity index (χ0v) is 9.34. The highest BCUT2D eigenvalue weighted by molar-refractivity contribution is 5.89. The molecule has 0 bridgehead atoms. The Morgan fingerprint density at radius 1 is 1.18 bits per heavy atom. The van der Waals surface area contributed by atoms with Crippen LogP contribution in [0.2, 0.25) is 0 Å². The van der Waals surface area contributed by atoms with Crippen LogP contribution in [0, 0.1) is 6.07 Å². The van der Waals surface area contributed by atoms with Gasteiger partial charge in [0.1, 0.15) is 11.5 Å². The molecule has 0 N–H and O–H groups in total. The van der Waals surface area contributed by atoms with E-state index in [-0.39, 0.29) is 5.97 Å². The third kappa shape index (κ3) is 2.84. The lowest BCUT2D eigenvalue weighted by molar-refractivity contribution is 0.0600. The molecule has 85 valence electrons. The SMILES string of the molecule is COC(=O)c1cccc(Oc2c[c]ccc2)c1. The van der Waals surface area contributed by atoms with Gasteiger partial charge in [-0.3, -0.25) is 0 Å². The summed E-state index contributed by atoms with van der Waals surface area (Å²) in [6.07, 6.45) is 0. The van der Waals surface area contributed by atoms with Gasteiger partial charge in [-0.1, -0.05) is 18.2 Å². The van der Waals surface area contributed by atoms with Crippen molar-refractivity contribution >= 4 is 5.97 Å². The first-order valence-electron chi connectivity index (χ1n) is 5.12. The van der Waals surface area contributed by atoms with E-state index in [1.54, 1.807) is 36.4 Å². The van der Waals surface area contributed by atoms with E-state index in [4.69, 9.17) is 4.74 Å². The van der Waals surface area contributed by atoms with Gasteiger partial charge in [-0.2, -0.15) is 0 Å². The molecule has 0 fully saturated rings. The maximum atomic E-state index is 11.3. The largest absolute Gasteiger partial charge is 0.465 e. The molecule has 1 radical (unpaired) electrons. The summed E-state index contributed by atoms with van der Waals surface area (Å²) >= 11 is 0. The molecule has 2 aromatic rings. The Morgan fingerprint density at radius 3 is 2.71 bits per heavy atom. The molecule has 0 spiro atoms. The first-order valence-corrected chi connectivity index (χ1v) is 5.12. The first-order chi connectivity index (χ1) is 8.29. The maximum absolute atomic E-state index is 11.3. The number of hydrogen-bond acceptors (Lipinski definition) is 3. The topological polar surface area (TPSA) is 35.5 Å². The maximum Gasteiger partial charge on any atom is 0.337 e. The monoisotopic (exact) mass is 227 g/mol. The van der Waals surface area contributed by atoms with E-state index in [0.29, 0.717) is 17.1 Å². The molecular formula is C14H11O3. The summed E-state index contributed by atoms with van der Waals surface area (Å²) in [4.78, 5) is 11.3. The van der Waals surface area contributed by atoms with Crippen LogP contribution in [-0.2, 0) is 4.74 Å². The van der Waals surface area contributed by atoms with Gasteiger partial charge in [-0.05, 0) is 36.4 Å². The van der Waals surface area contributed by atoms with E-state index in [2.05, 4.69) is 10.8 Å². The van der Waals surface area contributed by atoms with Crippen LogP contribution in [-0.4, -0.2) is 13.1 Å². The van der Waals surface area contributed by atoms with Crippen LogP contribution in [0.15, 0.2) is 48.5 Å². The average molecular weight is 227 g/mol. The molecule has 0 aromatic heterocycles. The standard InChI is InChI=1S/C14H11O3/c1-16-14(15)11-6-5-9-13(10-11)17-12-7-3-2-4-8-12/h2-3,5-10H,1H3. The smallest absolute Gasteiger partial charge is 0.337 e. The van der Waals surface area contributed by atoms with Crippen LogP contribution in [0.25, 0.3) is 0 Å². The quantitative estimate of drug-likeness (QED) is 0.756. The summed E-state index contributed by atoms with van der Waals surface area (Å²) in [7, 11) is 1.35. The summed E-state index contributed by atoms with van der Waals surface area (Å²) in [5, 5.41) is 0. The minimum absolute atomic E-state index is 0.380. The lowest BCUT2D eigenvalue weighted by Gasteiger charge is -2.06. The second-order valence-corrected chi connectivity index (χ2v) is 3.36. The van der Waals surface area contributed by atoms with E-state index in [9.17, 15) is 4.79 Å². The number of methoxy groups -OCH3 is 1. The van der Waals surface area contributed by atoms with Crippen molar-refractivity contribution in [2.24, 2.45) is 0 Å². The molecule has 0 saturated carbocycles. The highest BCUT2D eigenvalue weighted by atomic mass is 16.5. The Bertz CT molecular complexity index is 506. The Morgan fingerprint density at radius 2 is 2.00 bits per heavy atom. The summed E-state index contributed by atoms with van der Waals surface area (Å²) < 4.78 is 10.2. The molecule has 0 aliphatic heterocycles. The number of benzene rings is 2. The molecule has 0 unspecified atom stereocenters. The summed E-state index contributed by atoms with van der Waals surface area (Å²) in [6.45, 7) is 0.